The van der Waals surface area contributed by atoms with E-state index in [4.69, 9.17) is 0 Å². The van der Waals surface area contributed by atoms with Crippen molar-refractivity contribution in [3.8, 4) is 0 Å². The molecule has 0 radical (unpaired) electrons. The average Bonchev–Trinajstić information content (AvgIpc) is 2.72. The van der Waals surface area contributed by atoms with Crippen molar-refractivity contribution in [2.24, 2.45) is 0 Å². The number of carbonyl (C=O) groups is 1. The van der Waals surface area contributed by atoms with Crippen molar-refractivity contribution in [1.82, 2.24) is 9.62 Å². The Bertz CT molecular complexity index is 1130. The van der Waals surface area contributed by atoms with Gasteiger partial charge in [0.15, 0.2) is 9.84 Å². The summed E-state index contributed by atoms with van der Waals surface area (Å²) in [4.78, 5) is 13.2. The van der Waals surface area contributed by atoms with E-state index in [2.05, 4.69) is 4.72 Å². The molecule has 0 aliphatic carbocycles. The molecule has 1 N–H and O–H groups in total. The number of piperidine rings is 1. The van der Waals surface area contributed by atoms with E-state index >= 15 is 0 Å². The third-order valence-electron chi connectivity index (χ3n) is 4.92. The second kappa shape index (κ2) is 8.78. The van der Waals surface area contributed by atoms with Crippen molar-refractivity contribution in [3.05, 3.63) is 60.2 Å². The quantitative estimate of drug-likeness (QED) is 0.665. The first-order valence-corrected chi connectivity index (χ1v) is 12.2. The molecule has 0 unspecified atom stereocenters. The Hall–Kier alpha value is -2.37. The Balaban J connectivity index is 1.58. The topological polar surface area (TPSA) is 101 Å². The fourth-order valence-electron chi connectivity index (χ4n) is 3.24. The van der Waals surface area contributed by atoms with Gasteiger partial charge in [-0.15, -0.1) is 0 Å². The van der Waals surface area contributed by atoms with Crippen molar-refractivity contribution < 1.29 is 30.4 Å². The first-order chi connectivity index (χ1) is 14.1. The summed E-state index contributed by atoms with van der Waals surface area (Å²) in [5.41, 5.74) is 0. The molecule has 0 spiro atoms. The summed E-state index contributed by atoms with van der Waals surface area (Å²) in [5, 5.41) is -0.720. The molecule has 30 heavy (non-hydrogen) atoms. The third kappa shape index (κ3) is 4.85. The second-order valence-corrected chi connectivity index (χ2v) is 10.8. The van der Waals surface area contributed by atoms with Gasteiger partial charge in [0, 0.05) is 13.1 Å². The lowest BCUT2D eigenvalue weighted by atomic mass is 10.1. The first-order valence-electron chi connectivity index (χ1n) is 9.13. The number of nitrogens with one attached hydrogen (secondary N) is 1. The Morgan fingerprint density at radius 2 is 1.57 bits per heavy atom. The lowest BCUT2D eigenvalue weighted by molar-refractivity contribution is -0.130. The van der Waals surface area contributed by atoms with Gasteiger partial charge in [-0.1, -0.05) is 12.1 Å². The molecule has 11 heteroatoms. The van der Waals surface area contributed by atoms with Crippen LogP contribution in [0.15, 0.2) is 58.3 Å². The zero-order chi connectivity index (χ0) is 21.9. The summed E-state index contributed by atoms with van der Waals surface area (Å²) in [7, 11) is -7.86. The molecule has 1 aliphatic heterocycles. The number of sulfone groups is 1. The van der Waals surface area contributed by atoms with E-state index in [1.165, 1.54) is 29.2 Å². The van der Waals surface area contributed by atoms with Crippen molar-refractivity contribution in [1.29, 1.82) is 0 Å². The van der Waals surface area contributed by atoms with Crippen molar-refractivity contribution >= 4 is 25.8 Å². The van der Waals surface area contributed by atoms with Gasteiger partial charge in [0.1, 0.15) is 16.5 Å². The Kier molecular flexibility index (Phi) is 6.53. The average molecular weight is 459 g/mol. The zero-order valence-electron chi connectivity index (χ0n) is 15.8. The van der Waals surface area contributed by atoms with Crippen LogP contribution < -0.4 is 4.72 Å². The SMILES string of the molecule is O=C(CNS(=O)(=O)c1ccccc1F)N1CCC(S(=O)(=O)c2ccc(F)cc2)CC1. The molecule has 7 nitrogen and oxygen atoms in total. The van der Waals surface area contributed by atoms with Crippen molar-refractivity contribution in [3.63, 3.8) is 0 Å². The molecule has 1 fully saturated rings. The second-order valence-electron chi connectivity index (χ2n) is 6.83. The van der Waals surface area contributed by atoms with E-state index in [9.17, 15) is 30.4 Å². The maximum absolute atomic E-state index is 13.7. The predicted molar refractivity (Wildman–Crippen MR) is 105 cm³/mol. The summed E-state index contributed by atoms with van der Waals surface area (Å²) in [5.74, 6) is -2.00. The molecule has 1 heterocycles. The van der Waals surface area contributed by atoms with Crippen LogP contribution in [-0.4, -0.2) is 52.5 Å². The van der Waals surface area contributed by atoms with Crippen LogP contribution in [0.25, 0.3) is 0 Å². The molecule has 1 saturated heterocycles. The molecule has 0 atom stereocenters. The van der Waals surface area contributed by atoms with E-state index < -0.39 is 54.1 Å². The Labute approximate surface area is 173 Å². The molecule has 2 aromatic rings. The lowest BCUT2D eigenvalue weighted by Gasteiger charge is -2.31. The fourth-order valence-corrected chi connectivity index (χ4v) is 6.02. The zero-order valence-corrected chi connectivity index (χ0v) is 17.4. The van der Waals surface area contributed by atoms with E-state index in [-0.39, 0.29) is 30.8 Å². The number of benzene rings is 2. The van der Waals surface area contributed by atoms with E-state index in [1.807, 2.05) is 0 Å². The normalized spacial score (nSPS) is 15.9. The maximum atomic E-state index is 13.7. The van der Waals surface area contributed by atoms with Crippen molar-refractivity contribution in [2.75, 3.05) is 19.6 Å². The number of rotatable bonds is 6. The molecule has 0 saturated carbocycles. The van der Waals surface area contributed by atoms with Crippen LogP contribution in [0.5, 0.6) is 0 Å². The summed E-state index contributed by atoms with van der Waals surface area (Å²) in [6.07, 6.45) is 0.344. The maximum Gasteiger partial charge on any atom is 0.243 e. The minimum Gasteiger partial charge on any atom is -0.341 e. The smallest absolute Gasteiger partial charge is 0.243 e. The van der Waals surface area contributed by atoms with E-state index in [0.29, 0.717) is 0 Å². The minimum absolute atomic E-state index is 0.0197. The third-order valence-corrected chi connectivity index (χ3v) is 8.63. The summed E-state index contributed by atoms with van der Waals surface area (Å²) < 4.78 is 78.5. The fraction of sp³-hybridized carbons (Fsp3) is 0.316. The summed E-state index contributed by atoms with van der Waals surface area (Å²) in [6.45, 7) is -0.303. The number of hydrogen-bond acceptors (Lipinski definition) is 5. The predicted octanol–water partition coefficient (Wildman–Crippen LogP) is 1.71. The number of hydrogen-bond donors (Lipinski definition) is 1. The molecule has 1 amide bonds. The molecule has 3 rings (SSSR count). The van der Waals surface area contributed by atoms with Crippen LogP contribution >= 0.6 is 0 Å². The Morgan fingerprint density at radius 1 is 0.967 bits per heavy atom. The van der Waals surface area contributed by atoms with Crippen LogP contribution in [-0.2, 0) is 24.7 Å². The highest BCUT2D eigenvalue weighted by atomic mass is 32.2. The van der Waals surface area contributed by atoms with Gasteiger partial charge in [-0.2, -0.15) is 0 Å². The molecule has 0 bridgehead atoms. The number of carbonyl (C=O) groups excluding carboxylic acids is 1. The number of halogens is 2. The van der Waals surface area contributed by atoms with Crippen LogP contribution in [0.2, 0.25) is 0 Å². The number of likely N-dealkylation sites (tertiary alicyclic amines) is 1. The van der Waals surface area contributed by atoms with Gasteiger partial charge in [-0.3, -0.25) is 4.79 Å². The monoisotopic (exact) mass is 458 g/mol. The van der Waals surface area contributed by atoms with Crippen LogP contribution in [0.1, 0.15) is 12.8 Å². The van der Waals surface area contributed by atoms with Gasteiger partial charge in [0.2, 0.25) is 15.9 Å². The number of nitrogens with zero attached hydrogens (tertiary/aromatic N) is 1. The van der Waals surface area contributed by atoms with Gasteiger partial charge >= 0.3 is 0 Å². The highest BCUT2D eigenvalue weighted by Crippen LogP contribution is 2.25. The molecule has 0 aromatic heterocycles. The highest BCUT2D eigenvalue weighted by Gasteiger charge is 2.33. The van der Waals surface area contributed by atoms with E-state index in [1.54, 1.807) is 0 Å². The molecule has 162 valence electrons. The van der Waals surface area contributed by atoms with Gasteiger partial charge in [-0.25, -0.2) is 30.3 Å². The molecular weight excluding hydrogens is 438 g/mol. The minimum atomic E-state index is -4.20. The van der Waals surface area contributed by atoms with Gasteiger partial charge in [-0.05, 0) is 49.2 Å². The first kappa shape index (κ1) is 22.3. The Morgan fingerprint density at radius 3 is 2.17 bits per heavy atom. The summed E-state index contributed by atoms with van der Waals surface area (Å²) in [6, 6.07) is 9.38. The van der Waals surface area contributed by atoms with E-state index in [0.717, 1.165) is 24.3 Å². The van der Waals surface area contributed by atoms with Crippen LogP contribution in [0, 0.1) is 11.6 Å². The highest BCUT2D eigenvalue weighted by molar-refractivity contribution is 7.92. The number of sulfonamides is 1. The van der Waals surface area contributed by atoms with Crippen molar-refractivity contribution in [2.45, 2.75) is 27.9 Å². The standard InChI is InChI=1S/C19H20F2N2O5S2/c20-14-5-7-15(8-6-14)29(25,26)16-9-11-23(12-10-16)19(24)13-22-30(27,28)18-4-2-1-3-17(18)21/h1-8,16,22H,9-13H2. The molecular formula is C19H20F2N2O5S2. The van der Waals surface area contributed by atoms with Gasteiger partial charge < -0.3 is 4.90 Å². The van der Waals surface area contributed by atoms with Gasteiger partial charge in [0.25, 0.3) is 0 Å². The van der Waals surface area contributed by atoms with Crippen LogP contribution in [0.4, 0.5) is 8.78 Å². The molecule has 1 aliphatic rings. The van der Waals surface area contributed by atoms with Crippen LogP contribution in [0.3, 0.4) is 0 Å². The lowest BCUT2D eigenvalue weighted by Crippen LogP contribution is -2.46. The van der Waals surface area contributed by atoms with Gasteiger partial charge in [0.05, 0.1) is 16.7 Å². The largest absolute Gasteiger partial charge is 0.341 e. The number of amides is 1. The molecule has 2 aromatic carbocycles. The summed E-state index contributed by atoms with van der Waals surface area (Å²) >= 11 is 0.